The zero-order chi connectivity index (χ0) is 25.3. The molecule has 2 aromatic carbocycles. The van der Waals surface area contributed by atoms with Crippen molar-refractivity contribution in [3.8, 4) is 17.5 Å². The van der Waals surface area contributed by atoms with Crippen LogP contribution in [0.4, 0.5) is 13.2 Å². The number of alkyl halides is 4. The lowest BCUT2D eigenvalue weighted by atomic mass is 10.2. The van der Waals surface area contributed by atoms with Crippen LogP contribution in [0.25, 0.3) is 11.2 Å². The number of aryl methyl sites for hydroxylation is 1. The van der Waals surface area contributed by atoms with Crippen molar-refractivity contribution < 1.29 is 22.6 Å². The van der Waals surface area contributed by atoms with E-state index in [2.05, 4.69) is 25.7 Å². The summed E-state index contributed by atoms with van der Waals surface area (Å²) >= 11 is 9.26. The molecule has 0 radical (unpaired) electrons. The van der Waals surface area contributed by atoms with Gasteiger partial charge < -0.3 is 9.47 Å². The lowest BCUT2D eigenvalue weighted by Crippen LogP contribution is -2.39. The Morgan fingerprint density at radius 2 is 1.74 bits per heavy atom. The van der Waals surface area contributed by atoms with Crippen molar-refractivity contribution >= 4 is 38.7 Å². The van der Waals surface area contributed by atoms with E-state index in [0.717, 1.165) is 22.3 Å². The van der Waals surface area contributed by atoms with Crippen molar-refractivity contribution in [2.45, 2.75) is 19.5 Å². The molecule has 0 N–H and O–H groups in total. The maximum absolute atomic E-state index is 13.1. The van der Waals surface area contributed by atoms with Crippen LogP contribution < -0.4 is 20.7 Å². The number of halogens is 5. The molecule has 0 spiro atoms. The Morgan fingerprint density at radius 1 is 1.06 bits per heavy atom. The van der Waals surface area contributed by atoms with Gasteiger partial charge in [0.2, 0.25) is 0 Å². The molecular formula is C22H17BrClF3N4O4. The molecule has 4 rings (SSSR count). The minimum Gasteiger partial charge on any atom is -0.425 e. The van der Waals surface area contributed by atoms with Gasteiger partial charge in [0.1, 0.15) is 11.5 Å². The Bertz CT molecular complexity index is 1500. The molecule has 0 atom stereocenters. The normalized spacial score (nSPS) is 11.7. The maximum Gasteiger partial charge on any atom is 0.573 e. The van der Waals surface area contributed by atoms with Gasteiger partial charge in [-0.05, 0) is 29.8 Å². The van der Waals surface area contributed by atoms with Gasteiger partial charge in [0, 0.05) is 30.0 Å². The first-order valence-corrected chi connectivity index (χ1v) is 11.6. The molecule has 0 amide bonds. The summed E-state index contributed by atoms with van der Waals surface area (Å²) in [6.07, 6.45) is -4.88. The van der Waals surface area contributed by atoms with Gasteiger partial charge in [0.25, 0.3) is 5.56 Å². The molecule has 0 saturated carbocycles. The predicted molar refractivity (Wildman–Crippen MR) is 127 cm³/mol. The summed E-state index contributed by atoms with van der Waals surface area (Å²) in [4.78, 5) is 30.2. The van der Waals surface area contributed by atoms with Crippen LogP contribution in [0.3, 0.4) is 0 Å². The number of nitrogens with zero attached hydrogens (tertiary/aromatic N) is 4. The Hall–Kier alpha value is -3.25. The molecule has 2 aromatic heterocycles. The quantitative estimate of drug-likeness (QED) is 0.300. The first kappa shape index (κ1) is 24.9. The van der Waals surface area contributed by atoms with E-state index in [-0.39, 0.29) is 36.0 Å². The van der Waals surface area contributed by atoms with E-state index in [1.807, 2.05) is 0 Å². The first-order valence-electron chi connectivity index (χ1n) is 10.1. The standard InChI is InChI=1S/C22H17BrClF3N4O4/c1-29-19(32)17-18(30(10-9-23)21(29)33)28-20(31(17)12-13-5-7-14(24)8-6-13)34-15-3-2-4-16(11-15)35-22(25,26)27/h2-8,11H,9-10,12H2,1H3. The fourth-order valence-corrected chi connectivity index (χ4v) is 3.94. The van der Waals surface area contributed by atoms with E-state index in [1.54, 1.807) is 24.3 Å². The Morgan fingerprint density at radius 3 is 2.40 bits per heavy atom. The number of fused-ring (bicyclic) bond motifs is 1. The average molecular weight is 574 g/mol. The van der Waals surface area contributed by atoms with Crippen LogP contribution in [0.2, 0.25) is 5.02 Å². The molecule has 0 aliphatic heterocycles. The zero-order valence-electron chi connectivity index (χ0n) is 18.1. The van der Waals surface area contributed by atoms with E-state index in [0.29, 0.717) is 10.4 Å². The second-order valence-corrected chi connectivity index (χ2v) is 8.62. The van der Waals surface area contributed by atoms with Crippen molar-refractivity contribution in [3.05, 3.63) is 80.0 Å². The molecule has 13 heteroatoms. The van der Waals surface area contributed by atoms with Crippen LogP contribution in [0.15, 0.2) is 58.1 Å². The number of rotatable bonds is 7. The van der Waals surface area contributed by atoms with Crippen LogP contribution in [-0.2, 0) is 20.1 Å². The molecule has 0 saturated heterocycles. The lowest BCUT2D eigenvalue weighted by Gasteiger charge is -2.12. The minimum atomic E-state index is -4.88. The van der Waals surface area contributed by atoms with E-state index in [9.17, 15) is 22.8 Å². The minimum absolute atomic E-state index is 0.00868. The summed E-state index contributed by atoms with van der Waals surface area (Å²) in [5.41, 5.74) is -0.232. The van der Waals surface area contributed by atoms with Gasteiger partial charge in [0.05, 0.1) is 6.54 Å². The number of hydrogen-bond donors (Lipinski definition) is 0. The van der Waals surface area contributed by atoms with Gasteiger partial charge in [-0.2, -0.15) is 4.98 Å². The topological polar surface area (TPSA) is 80.3 Å². The zero-order valence-corrected chi connectivity index (χ0v) is 20.4. The molecule has 8 nitrogen and oxygen atoms in total. The monoisotopic (exact) mass is 572 g/mol. The summed E-state index contributed by atoms with van der Waals surface area (Å²) in [5, 5.41) is 0.932. The molecular weight excluding hydrogens is 557 g/mol. The highest BCUT2D eigenvalue weighted by atomic mass is 79.9. The lowest BCUT2D eigenvalue weighted by molar-refractivity contribution is -0.274. The third-order valence-electron chi connectivity index (χ3n) is 5.01. The van der Waals surface area contributed by atoms with Crippen molar-refractivity contribution in [3.63, 3.8) is 0 Å². The summed E-state index contributed by atoms with van der Waals surface area (Å²) in [6, 6.07) is 11.7. The molecule has 0 aliphatic carbocycles. The largest absolute Gasteiger partial charge is 0.573 e. The second kappa shape index (κ2) is 9.78. The highest BCUT2D eigenvalue weighted by molar-refractivity contribution is 9.09. The number of ether oxygens (including phenoxy) is 2. The van der Waals surface area contributed by atoms with Crippen molar-refractivity contribution in [1.82, 2.24) is 18.7 Å². The van der Waals surface area contributed by atoms with E-state index in [4.69, 9.17) is 16.3 Å². The molecule has 4 aromatic rings. The van der Waals surface area contributed by atoms with Gasteiger partial charge in [-0.3, -0.25) is 18.5 Å². The Kier molecular flexibility index (Phi) is 6.95. The third-order valence-corrected chi connectivity index (χ3v) is 5.61. The van der Waals surface area contributed by atoms with Crippen LogP contribution >= 0.6 is 27.5 Å². The smallest absolute Gasteiger partial charge is 0.425 e. The van der Waals surface area contributed by atoms with E-state index < -0.39 is 23.4 Å². The highest BCUT2D eigenvalue weighted by Crippen LogP contribution is 2.30. The first-order chi connectivity index (χ1) is 16.6. The maximum atomic E-state index is 13.1. The molecule has 0 aliphatic rings. The second-order valence-electron chi connectivity index (χ2n) is 7.39. The molecule has 0 unspecified atom stereocenters. The van der Waals surface area contributed by atoms with Crippen LogP contribution in [-0.4, -0.2) is 30.4 Å². The Labute approximate surface area is 209 Å². The number of aromatic nitrogens is 4. The van der Waals surface area contributed by atoms with Gasteiger partial charge in [-0.1, -0.05) is 45.7 Å². The van der Waals surface area contributed by atoms with Gasteiger partial charge in [0.15, 0.2) is 11.2 Å². The van der Waals surface area contributed by atoms with Gasteiger partial charge in [-0.15, -0.1) is 13.2 Å². The fourth-order valence-electron chi connectivity index (χ4n) is 3.46. The summed E-state index contributed by atoms with van der Waals surface area (Å²) in [7, 11) is 1.35. The summed E-state index contributed by atoms with van der Waals surface area (Å²) in [6.45, 7) is 0.333. The van der Waals surface area contributed by atoms with Crippen LogP contribution in [0.5, 0.6) is 17.5 Å². The molecule has 0 bridgehead atoms. The van der Waals surface area contributed by atoms with E-state index >= 15 is 0 Å². The molecule has 35 heavy (non-hydrogen) atoms. The summed E-state index contributed by atoms with van der Waals surface area (Å²) < 4.78 is 51.5. The van der Waals surface area contributed by atoms with Crippen molar-refractivity contribution in [2.24, 2.45) is 7.05 Å². The average Bonchev–Trinajstić information content (AvgIpc) is 3.13. The SMILES string of the molecule is Cn1c(=O)c2c(nc(Oc3cccc(OC(F)(F)F)c3)n2Cc2ccc(Cl)cc2)n(CCBr)c1=O. The van der Waals surface area contributed by atoms with E-state index in [1.165, 1.54) is 28.3 Å². The molecule has 184 valence electrons. The van der Waals surface area contributed by atoms with Crippen LogP contribution in [0, 0.1) is 0 Å². The predicted octanol–water partition coefficient (Wildman–Crippen LogP) is 4.68. The van der Waals surface area contributed by atoms with Crippen LogP contribution in [0.1, 0.15) is 5.56 Å². The van der Waals surface area contributed by atoms with Crippen molar-refractivity contribution in [2.75, 3.05) is 5.33 Å². The Balaban J connectivity index is 1.89. The highest BCUT2D eigenvalue weighted by Gasteiger charge is 2.31. The fraction of sp³-hybridized carbons (Fsp3) is 0.227. The van der Waals surface area contributed by atoms with Gasteiger partial charge in [-0.25, -0.2) is 4.79 Å². The molecule has 2 heterocycles. The summed E-state index contributed by atoms with van der Waals surface area (Å²) in [5.74, 6) is -0.493. The van der Waals surface area contributed by atoms with Crippen molar-refractivity contribution in [1.29, 1.82) is 0 Å². The van der Waals surface area contributed by atoms with Gasteiger partial charge >= 0.3 is 18.1 Å². The molecule has 0 fully saturated rings. The number of benzene rings is 2. The third kappa shape index (κ3) is 5.38. The number of imidazole rings is 1. The number of hydrogen-bond acceptors (Lipinski definition) is 5.